The van der Waals surface area contributed by atoms with Gasteiger partial charge in [0.15, 0.2) is 0 Å². The van der Waals surface area contributed by atoms with Gasteiger partial charge in [-0.1, -0.05) is 0 Å². The van der Waals surface area contributed by atoms with Crippen molar-refractivity contribution in [3.05, 3.63) is 24.0 Å². The van der Waals surface area contributed by atoms with E-state index in [1.807, 2.05) is 0 Å². The molecule has 0 saturated heterocycles. The van der Waals surface area contributed by atoms with Gasteiger partial charge in [0.05, 0.1) is 6.61 Å². The monoisotopic (exact) mass is 213 g/mol. The molecular weight excluding hydrogens is 202 g/mol. The number of carbonyl (C=O) groups is 1. The van der Waals surface area contributed by atoms with Gasteiger partial charge in [0.1, 0.15) is 5.69 Å². The molecule has 5 heteroatoms. The molecule has 1 aromatic heterocycles. The largest absolute Gasteiger partial charge is 0.477 e. The molecule has 4 nitrogen and oxygen atoms in total. The maximum atomic E-state index is 10.5. The molecular formula is C9H11NO3S. The summed E-state index contributed by atoms with van der Waals surface area (Å²) in [4.78, 5) is 15.2. The summed E-state index contributed by atoms with van der Waals surface area (Å²) in [5, 5.41) is 8.60. The Balaban J connectivity index is 2.51. The van der Waals surface area contributed by atoms with Crippen LogP contribution in [0.5, 0.6) is 0 Å². The van der Waals surface area contributed by atoms with Crippen LogP contribution in [0, 0.1) is 0 Å². The number of hydrogen-bond donors (Lipinski definition) is 1. The topological polar surface area (TPSA) is 59.4 Å². The molecule has 1 heterocycles. The van der Waals surface area contributed by atoms with Crippen LogP contribution in [-0.2, 0) is 4.74 Å². The van der Waals surface area contributed by atoms with Gasteiger partial charge in [0, 0.05) is 24.0 Å². The Bertz CT molecular complexity index is 299. The fourth-order valence-corrected chi connectivity index (χ4v) is 1.61. The lowest BCUT2D eigenvalue weighted by Gasteiger charge is -2.00. The highest BCUT2D eigenvalue weighted by atomic mass is 32.2. The summed E-state index contributed by atoms with van der Waals surface area (Å²) in [5.41, 5.74) is 0.0705. The molecule has 0 atom stereocenters. The number of hydrogen-bond acceptors (Lipinski definition) is 4. The Morgan fingerprint density at radius 3 is 2.93 bits per heavy atom. The molecule has 0 fully saturated rings. The molecule has 0 bridgehead atoms. The van der Waals surface area contributed by atoms with E-state index in [1.54, 1.807) is 31.1 Å². The van der Waals surface area contributed by atoms with E-state index in [9.17, 15) is 4.79 Å². The van der Waals surface area contributed by atoms with Crippen molar-refractivity contribution in [1.82, 2.24) is 4.98 Å². The van der Waals surface area contributed by atoms with Crippen molar-refractivity contribution in [2.24, 2.45) is 0 Å². The van der Waals surface area contributed by atoms with Crippen LogP contribution in [0.15, 0.2) is 23.2 Å². The first kappa shape index (κ1) is 11.0. The first-order chi connectivity index (χ1) is 6.74. The molecule has 0 aliphatic rings. The summed E-state index contributed by atoms with van der Waals surface area (Å²) < 4.78 is 4.89. The molecule has 14 heavy (non-hydrogen) atoms. The molecule has 0 aliphatic heterocycles. The second-order valence-electron chi connectivity index (χ2n) is 2.53. The minimum atomic E-state index is -1.00. The Morgan fingerprint density at radius 2 is 2.43 bits per heavy atom. The number of carboxylic acid groups (broad SMARTS) is 1. The summed E-state index contributed by atoms with van der Waals surface area (Å²) in [6, 6.07) is 3.24. The highest BCUT2D eigenvalue weighted by molar-refractivity contribution is 7.99. The Morgan fingerprint density at radius 1 is 1.64 bits per heavy atom. The van der Waals surface area contributed by atoms with E-state index in [0.29, 0.717) is 6.61 Å². The van der Waals surface area contributed by atoms with Gasteiger partial charge >= 0.3 is 5.97 Å². The minimum absolute atomic E-state index is 0.0705. The quantitative estimate of drug-likeness (QED) is 0.593. The number of ether oxygens (including phenoxy) is 1. The fourth-order valence-electron chi connectivity index (χ4n) is 0.835. The van der Waals surface area contributed by atoms with E-state index in [-0.39, 0.29) is 5.69 Å². The number of aromatic nitrogens is 1. The van der Waals surface area contributed by atoms with Crippen LogP contribution in [-0.4, -0.2) is 35.5 Å². The van der Waals surface area contributed by atoms with Gasteiger partial charge in [-0.05, 0) is 12.1 Å². The van der Waals surface area contributed by atoms with Gasteiger partial charge in [-0.15, -0.1) is 11.8 Å². The van der Waals surface area contributed by atoms with Gasteiger partial charge in [0.25, 0.3) is 0 Å². The average molecular weight is 213 g/mol. The van der Waals surface area contributed by atoms with E-state index in [4.69, 9.17) is 9.84 Å². The SMILES string of the molecule is COCCSc1ccc(C(=O)O)nc1. The second kappa shape index (κ2) is 5.62. The normalized spacial score (nSPS) is 10.1. The van der Waals surface area contributed by atoms with Crippen LogP contribution in [0.3, 0.4) is 0 Å². The first-order valence-electron chi connectivity index (χ1n) is 4.05. The number of thioether (sulfide) groups is 1. The molecule has 0 aliphatic carbocycles. The molecule has 0 aromatic carbocycles. The van der Waals surface area contributed by atoms with Crippen molar-refractivity contribution in [2.75, 3.05) is 19.5 Å². The third kappa shape index (κ3) is 3.35. The molecule has 0 spiro atoms. The van der Waals surface area contributed by atoms with E-state index in [1.165, 1.54) is 6.07 Å². The smallest absolute Gasteiger partial charge is 0.354 e. The summed E-state index contributed by atoms with van der Waals surface area (Å²) in [5.74, 6) is -0.164. The number of aromatic carboxylic acids is 1. The van der Waals surface area contributed by atoms with Gasteiger partial charge in [-0.25, -0.2) is 9.78 Å². The van der Waals surface area contributed by atoms with Crippen LogP contribution in [0.2, 0.25) is 0 Å². The van der Waals surface area contributed by atoms with Gasteiger partial charge < -0.3 is 9.84 Å². The van der Waals surface area contributed by atoms with Crippen molar-refractivity contribution < 1.29 is 14.6 Å². The highest BCUT2D eigenvalue weighted by Crippen LogP contribution is 2.16. The van der Waals surface area contributed by atoms with E-state index < -0.39 is 5.97 Å². The molecule has 1 aromatic rings. The fraction of sp³-hybridized carbons (Fsp3) is 0.333. The van der Waals surface area contributed by atoms with Gasteiger partial charge in [-0.2, -0.15) is 0 Å². The Labute approximate surface area is 86.3 Å². The lowest BCUT2D eigenvalue weighted by atomic mass is 10.4. The second-order valence-corrected chi connectivity index (χ2v) is 3.69. The molecule has 0 amide bonds. The summed E-state index contributed by atoms with van der Waals surface area (Å²) in [6.07, 6.45) is 1.56. The Hall–Kier alpha value is -1.07. The molecule has 1 rings (SSSR count). The number of pyridine rings is 1. The Kier molecular flexibility index (Phi) is 4.42. The van der Waals surface area contributed by atoms with Gasteiger partial charge in [0.2, 0.25) is 0 Å². The standard InChI is InChI=1S/C9H11NO3S/c1-13-4-5-14-7-2-3-8(9(11)12)10-6-7/h2-3,6H,4-5H2,1H3,(H,11,12). The third-order valence-corrected chi connectivity index (χ3v) is 2.46. The van der Waals surface area contributed by atoms with Crippen LogP contribution in [0.4, 0.5) is 0 Å². The van der Waals surface area contributed by atoms with Crippen LogP contribution < -0.4 is 0 Å². The molecule has 0 unspecified atom stereocenters. The third-order valence-electron chi connectivity index (χ3n) is 1.51. The zero-order valence-electron chi connectivity index (χ0n) is 7.77. The molecule has 1 N–H and O–H groups in total. The van der Waals surface area contributed by atoms with Crippen molar-refractivity contribution in [2.45, 2.75) is 4.90 Å². The predicted molar refractivity (Wildman–Crippen MR) is 53.8 cm³/mol. The molecule has 76 valence electrons. The number of carboxylic acids is 1. The maximum Gasteiger partial charge on any atom is 0.354 e. The van der Waals surface area contributed by atoms with E-state index in [2.05, 4.69) is 4.98 Å². The van der Waals surface area contributed by atoms with E-state index in [0.717, 1.165) is 10.6 Å². The van der Waals surface area contributed by atoms with Crippen LogP contribution in [0.1, 0.15) is 10.5 Å². The number of rotatable bonds is 5. The summed E-state index contributed by atoms with van der Waals surface area (Å²) in [7, 11) is 1.65. The van der Waals surface area contributed by atoms with Gasteiger partial charge in [-0.3, -0.25) is 0 Å². The summed E-state index contributed by atoms with van der Waals surface area (Å²) in [6.45, 7) is 0.672. The first-order valence-corrected chi connectivity index (χ1v) is 5.03. The predicted octanol–water partition coefficient (Wildman–Crippen LogP) is 1.52. The summed E-state index contributed by atoms with van der Waals surface area (Å²) >= 11 is 1.58. The van der Waals surface area contributed by atoms with Crippen LogP contribution in [0.25, 0.3) is 0 Å². The zero-order chi connectivity index (χ0) is 10.4. The van der Waals surface area contributed by atoms with Crippen molar-refractivity contribution in [3.63, 3.8) is 0 Å². The van der Waals surface area contributed by atoms with Crippen molar-refractivity contribution in [1.29, 1.82) is 0 Å². The van der Waals surface area contributed by atoms with Crippen molar-refractivity contribution in [3.8, 4) is 0 Å². The molecule has 0 radical (unpaired) electrons. The maximum absolute atomic E-state index is 10.5. The minimum Gasteiger partial charge on any atom is -0.477 e. The number of nitrogens with zero attached hydrogens (tertiary/aromatic N) is 1. The lowest BCUT2D eigenvalue weighted by molar-refractivity contribution is 0.0690. The van der Waals surface area contributed by atoms with Crippen molar-refractivity contribution >= 4 is 17.7 Å². The van der Waals surface area contributed by atoms with E-state index >= 15 is 0 Å². The number of methoxy groups -OCH3 is 1. The lowest BCUT2D eigenvalue weighted by Crippen LogP contribution is -1.99. The highest BCUT2D eigenvalue weighted by Gasteiger charge is 2.03. The molecule has 0 saturated carbocycles. The average Bonchev–Trinajstić information content (AvgIpc) is 2.19. The zero-order valence-corrected chi connectivity index (χ0v) is 8.58. The van der Waals surface area contributed by atoms with Crippen LogP contribution >= 0.6 is 11.8 Å².